The summed E-state index contributed by atoms with van der Waals surface area (Å²) in [7, 11) is -3.44. The minimum Gasteiger partial charge on any atom is -0.508 e. The first kappa shape index (κ1) is 19.1. The molecule has 2 rings (SSSR count). The molecule has 0 saturated heterocycles. The summed E-state index contributed by atoms with van der Waals surface area (Å²) in [4.78, 5) is 11.2. The molecule has 10 nitrogen and oxygen atoms in total. The van der Waals surface area contributed by atoms with Gasteiger partial charge in [0.2, 0.25) is 0 Å². The smallest absolute Gasteiger partial charge is 0.339 e. The second kappa shape index (κ2) is 6.61. The molecule has 0 amide bonds. The summed E-state index contributed by atoms with van der Waals surface area (Å²) in [6, 6.07) is 3.52. The standard InChI is InChI=1S/C15H15NO9S/c1-16(6-7-2-12(19)9(15(21)22)5-11(7)18)10-3-8(17)4-13(14(10)20)26(23,24)25/h2-5,17-20H,6H2,1H3,(H,21,22)(H,23,24,25). The van der Waals surface area contributed by atoms with E-state index in [0.29, 0.717) is 6.07 Å². The van der Waals surface area contributed by atoms with E-state index in [9.17, 15) is 33.6 Å². The van der Waals surface area contributed by atoms with Crippen LogP contribution in [-0.4, -0.2) is 51.5 Å². The zero-order chi connectivity index (χ0) is 19.8. The third-order valence-electron chi connectivity index (χ3n) is 3.56. The van der Waals surface area contributed by atoms with Crippen molar-refractivity contribution >= 4 is 21.8 Å². The van der Waals surface area contributed by atoms with Crippen molar-refractivity contribution in [2.45, 2.75) is 11.4 Å². The number of benzene rings is 2. The SMILES string of the molecule is CN(Cc1cc(O)c(C(=O)O)cc1O)c1cc(O)cc(S(=O)(=O)O)c1O. The summed E-state index contributed by atoms with van der Waals surface area (Å²) in [5.74, 6) is -3.88. The molecule has 0 aliphatic carbocycles. The van der Waals surface area contributed by atoms with Crippen molar-refractivity contribution in [2.24, 2.45) is 0 Å². The predicted molar refractivity (Wildman–Crippen MR) is 88.4 cm³/mol. The van der Waals surface area contributed by atoms with Crippen molar-refractivity contribution in [3.05, 3.63) is 35.4 Å². The molecule has 6 N–H and O–H groups in total. The number of anilines is 1. The minimum atomic E-state index is -4.81. The van der Waals surface area contributed by atoms with E-state index in [1.54, 1.807) is 0 Å². The molecule has 11 heteroatoms. The second-order valence-electron chi connectivity index (χ2n) is 5.45. The number of hydrogen-bond donors (Lipinski definition) is 6. The van der Waals surface area contributed by atoms with Gasteiger partial charge < -0.3 is 30.4 Å². The van der Waals surface area contributed by atoms with E-state index in [0.717, 1.165) is 18.2 Å². The third-order valence-corrected chi connectivity index (χ3v) is 4.43. The van der Waals surface area contributed by atoms with E-state index in [1.165, 1.54) is 11.9 Å². The average Bonchev–Trinajstić information content (AvgIpc) is 2.50. The van der Waals surface area contributed by atoms with Gasteiger partial charge in [-0.15, -0.1) is 0 Å². The molecule has 0 radical (unpaired) electrons. The van der Waals surface area contributed by atoms with Gasteiger partial charge in [0, 0.05) is 31.3 Å². The Morgan fingerprint density at radius 1 is 1.04 bits per heavy atom. The molecule has 0 saturated carbocycles. The number of aromatic hydroxyl groups is 4. The van der Waals surface area contributed by atoms with Crippen LogP contribution < -0.4 is 4.90 Å². The maximum Gasteiger partial charge on any atom is 0.339 e. The molecule has 140 valence electrons. The molecule has 0 aromatic heterocycles. The van der Waals surface area contributed by atoms with E-state index in [1.807, 2.05) is 0 Å². The fourth-order valence-electron chi connectivity index (χ4n) is 2.33. The number of aromatic carboxylic acids is 1. The molecule has 0 bridgehead atoms. The lowest BCUT2D eigenvalue weighted by atomic mass is 10.1. The quantitative estimate of drug-likeness (QED) is 0.323. The molecule has 26 heavy (non-hydrogen) atoms. The lowest BCUT2D eigenvalue weighted by Gasteiger charge is -2.22. The Balaban J connectivity index is 2.46. The van der Waals surface area contributed by atoms with E-state index in [2.05, 4.69) is 0 Å². The summed E-state index contributed by atoms with van der Waals surface area (Å²) < 4.78 is 31.7. The number of hydrogen-bond acceptors (Lipinski definition) is 8. The number of rotatable bonds is 5. The van der Waals surface area contributed by atoms with Gasteiger partial charge in [-0.3, -0.25) is 4.55 Å². The number of carboxylic acids is 1. The molecular weight excluding hydrogens is 370 g/mol. The van der Waals surface area contributed by atoms with Gasteiger partial charge >= 0.3 is 5.97 Å². The summed E-state index contributed by atoms with van der Waals surface area (Å²) >= 11 is 0. The monoisotopic (exact) mass is 385 g/mol. The maximum atomic E-state index is 11.3. The molecule has 0 fully saturated rings. The number of phenols is 4. The Morgan fingerprint density at radius 2 is 1.65 bits per heavy atom. The van der Waals surface area contributed by atoms with Gasteiger partial charge in [-0.05, 0) is 12.1 Å². The van der Waals surface area contributed by atoms with Gasteiger partial charge in [-0.1, -0.05) is 0 Å². The summed E-state index contributed by atoms with van der Waals surface area (Å²) in [6.45, 7) is -0.207. The third kappa shape index (κ3) is 3.73. The molecule has 0 unspecified atom stereocenters. The summed E-state index contributed by atoms with van der Waals surface area (Å²) in [6.07, 6.45) is 0. The first-order valence-electron chi connectivity index (χ1n) is 6.94. The normalized spacial score (nSPS) is 11.3. The van der Waals surface area contributed by atoms with Crippen LogP contribution in [0, 0.1) is 0 Å². The largest absolute Gasteiger partial charge is 0.508 e. The van der Waals surface area contributed by atoms with Crippen molar-refractivity contribution < 1.29 is 43.3 Å². The van der Waals surface area contributed by atoms with Crippen LogP contribution in [0.1, 0.15) is 15.9 Å². The lowest BCUT2D eigenvalue weighted by Crippen LogP contribution is -2.17. The van der Waals surface area contributed by atoms with Gasteiger partial charge in [0.15, 0.2) is 5.75 Å². The first-order chi connectivity index (χ1) is 11.9. The number of nitrogens with zero attached hydrogens (tertiary/aromatic N) is 1. The highest BCUT2D eigenvalue weighted by Crippen LogP contribution is 2.38. The Morgan fingerprint density at radius 3 is 2.19 bits per heavy atom. The van der Waals surface area contributed by atoms with E-state index >= 15 is 0 Å². The zero-order valence-electron chi connectivity index (χ0n) is 13.3. The van der Waals surface area contributed by atoms with Gasteiger partial charge in [0.25, 0.3) is 10.1 Å². The highest BCUT2D eigenvalue weighted by atomic mass is 32.2. The van der Waals surface area contributed by atoms with Gasteiger partial charge in [0.05, 0.1) is 5.69 Å². The molecule has 0 spiro atoms. The maximum absolute atomic E-state index is 11.3. The second-order valence-corrected chi connectivity index (χ2v) is 6.84. The van der Waals surface area contributed by atoms with Crippen LogP contribution in [-0.2, 0) is 16.7 Å². The highest BCUT2D eigenvalue weighted by Gasteiger charge is 2.23. The van der Waals surface area contributed by atoms with Gasteiger partial charge in [0.1, 0.15) is 27.7 Å². The average molecular weight is 385 g/mol. The Bertz CT molecular complexity index is 985. The van der Waals surface area contributed by atoms with Crippen molar-refractivity contribution in [1.82, 2.24) is 0 Å². The molecule has 0 heterocycles. The number of carboxylic acid groups (broad SMARTS) is 1. The van der Waals surface area contributed by atoms with Gasteiger partial charge in [-0.2, -0.15) is 8.42 Å². The van der Waals surface area contributed by atoms with Crippen molar-refractivity contribution in [1.29, 1.82) is 0 Å². The Hall–Kier alpha value is -3.18. The molecule has 2 aromatic rings. The van der Waals surface area contributed by atoms with Crippen LogP contribution in [0.2, 0.25) is 0 Å². The van der Waals surface area contributed by atoms with E-state index in [4.69, 9.17) is 9.66 Å². The van der Waals surface area contributed by atoms with Crippen LogP contribution in [0.4, 0.5) is 5.69 Å². The molecular formula is C15H15NO9S. The molecule has 0 aliphatic rings. The van der Waals surface area contributed by atoms with Crippen LogP contribution in [0.15, 0.2) is 29.2 Å². The Labute approximate surface area is 147 Å². The predicted octanol–water partition coefficient (Wildman–Crippen LogP) is 1.09. The van der Waals surface area contributed by atoms with Crippen molar-refractivity contribution in [2.75, 3.05) is 11.9 Å². The fraction of sp³-hybridized carbons (Fsp3) is 0.133. The molecule has 0 atom stereocenters. The zero-order valence-corrected chi connectivity index (χ0v) is 14.1. The topological polar surface area (TPSA) is 176 Å². The fourth-order valence-corrected chi connectivity index (χ4v) is 2.94. The van der Waals surface area contributed by atoms with E-state index < -0.39 is 49.5 Å². The highest BCUT2D eigenvalue weighted by molar-refractivity contribution is 7.86. The summed E-state index contributed by atoms with van der Waals surface area (Å²) in [5, 5.41) is 48.2. The van der Waals surface area contributed by atoms with Crippen LogP contribution in [0.5, 0.6) is 23.0 Å². The number of phenolic OH excluding ortho intramolecular Hbond substituents is 3. The van der Waals surface area contributed by atoms with Crippen molar-refractivity contribution in [3.8, 4) is 23.0 Å². The summed E-state index contributed by atoms with van der Waals surface area (Å²) in [5.41, 5.74) is -0.646. The minimum absolute atomic E-state index is 0.0612. The van der Waals surface area contributed by atoms with Gasteiger partial charge in [-0.25, -0.2) is 4.79 Å². The Kier molecular flexibility index (Phi) is 4.87. The van der Waals surface area contributed by atoms with Crippen LogP contribution in [0.25, 0.3) is 0 Å². The van der Waals surface area contributed by atoms with Crippen molar-refractivity contribution in [3.63, 3.8) is 0 Å². The molecule has 2 aromatic carbocycles. The molecule has 0 aliphatic heterocycles. The number of carbonyl (C=O) groups is 1. The van der Waals surface area contributed by atoms with E-state index in [-0.39, 0.29) is 17.8 Å². The lowest BCUT2D eigenvalue weighted by molar-refractivity contribution is 0.0693. The van der Waals surface area contributed by atoms with Crippen LogP contribution in [0.3, 0.4) is 0 Å². The van der Waals surface area contributed by atoms with Crippen LogP contribution >= 0.6 is 0 Å². The first-order valence-corrected chi connectivity index (χ1v) is 8.38.